The topological polar surface area (TPSA) is 68.0 Å². The van der Waals surface area contributed by atoms with Gasteiger partial charge >= 0.3 is 0 Å². The third kappa shape index (κ3) is 3.60. The minimum atomic E-state index is -0.174. The van der Waals surface area contributed by atoms with Crippen molar-refractivity contribution >= 4 is 23.3 Å². The van der Waals surface area contributed by atoms with E-state index in [4.69, 9.17) is 17.3 Å². The second-order valence-electron chi connectivity index (χ2n) is 4.24. The van der Waals surface area contributed by atoms with Gasteiger partial charge < -0.3 is 11.1 Å². The largest absolute Gasteiger partial charge is 0.382 e. The molecule has 2 atom stereocenters. The smallest absolute Gasteiger partial charge is 0.253 e. The zero-order valence-corrected chi connectivity index (χ0v) is 11.1. The van der Waals surface area contributed by atoms with E-state index in [9.17, 15) is 4.79 Å². The van der Waals surface area contributed by atoms with Gasteiger partial charge in [-0.3, -0.25) is 4.79 Å². The maximum atomic E-state index is 11.9. The molecular weight excluding hydrogens is 238 g/mol. The van der Waals surface area contributed by atoms with Gasteiger partial charge in [0.1, 0.15) is 5.82 Å². The maximum Gasteiger partial charge on any atom is 0.253 e. The summed E-state index contributed by atoms with van der Waals surface area (Å²) in [5.74, 6) is 0.488. The summed E-state index contributed by atoms with van der Waals surface area (Å²) in [6, 6.07) is 1.64. The number of nitrogens with two attached hydrogens (primary N) is 1. The van der Waals surface area contributed by atoms with Crippen LogP contribution in [0.15, 0.2) is 12.3 Å². The molecule has 0 aliphatic heterocycles. The molecule has 1 amide bonds. The molecule has 5 heteroatoms. The Morgan fingerprint density at radius 1 is 1.59 bits per heavy atom. The summed E-state index contributed by atoms with van der Waals surface area (Å²) in [4.78, 5) is 15.7. The first kappa shape index (κ1) is 13.8. The summed E-state index contributed by atoms with van der Waals surface area (Å²) < 4.78 is 0. The van der Waals surface area contributed by atoms with Gasteiger partial charge in [-0.1, -0.05) is 31.9 Å². The van der Waals surface area contributed by atoms with Crippen molar-refractivity contribution in [1.29, 1.82) is 0 Å². The number of rotatable bonds is 4. The molecule has 0 radical (unpaired) electrons. The molecule has 1 aromatic rings. The first-order valence-electron chi connectivity index (χ1n) is 5.67. The number of anilines is 1. The van der Waals surface area contributed by atoms with Crippen molar-refractivity contribution in [3.05, 3.63) is 22.8 Å². The van der Waals surface area contributed by atoms with Crippen molar-refractivity contribution in [2.24, 2.45) is 5.92 Å². The Labute approximate surface area is 107 Å². The van der Waals surface area contributed by atoms with Crippen molar-refractivity contribution in [2.45, 2.75) is 33.2 Å². The molecule has 17 heavy (non-hydrogen) atoms. The Hall–Kier alpha value is -1.29. The summed E-state index contributed by atoms with van der Waals surface area (Å²) in [7, 11) is 0. The van der Waals surface area contributed by atoms with Gasteiger partial charge in [-0.05, 0) is 18.9 Å². The van der Waals surface area contributed by atoms with Crippen LogP contribution < -0.4 is 11.1 Å². The van der Waals surface area contributed by atoms with E-state index in [2.05, 4.69) is 24.1 Å². The lowest BCUT2D eigenvalue weighted by Gasteiger charge is -2.19. The number of hydrogen-bond donors (Lipinski definition) is 2. The highest BCUT2D eigenvalue weighted by molar-refractivity contribution is 6.33. The Morgan fingerprint density at radius 3 is 2.76 bits per heavy atom. The number of nitrogen functional groups attached to an aromatic ring is 1. The molecule has 0 fully saturated rings. The predicted octanol–water partition coefficient (Wildman–Crippen LogP) is 2.48. The molecule has 3 N–H and O–H groups in total. The number of amides is 1. The maximum absolute atomic E-state index is 11.9. The van der Waals surface area contributed by atoms with Crippen LogP contribution in [0.2, 0.25) is 5.02 Å². The molecule has 2 unspecified atom stereocenters. The average molecular weight is 256 g/mol. The second kappa shape index (κ2) is 5.87. The van der Waals surface area contributed by atoms with E-state index in [-0.39, 0.29) is 17.8 Å². The fraction of sp³-hybridized carbons (Fsp3) is 0.500. The molecule has 1 heterocycles. The molecule has 0 saturated carbocycles. The number of carbonyl (C=O) groups excluding carboxylic acids is 1. The van der Waals surface area contributed by atoms with E-state index in [0.29, 0.717) is 16.5 Å². The van der Waals surface area contributed by atoms with E-state index in [0.717, 1.165) is 6.42 Å². The first-order valence-corrected chi connectivity index (χ1v) is 6.05. The monoisotopic (exact) mass is 255 g/mol. The van der Waals surface area contributed by atoms with E-state index < -0.39 is 0 Å². The van der Waals surface area contributed by atoms with Crippen LogP contribution in [-0.2, 0) is 0 Å². The highest BCUT2D eigenvalue weighted by Gasteiger charge is 2.15. The highest BCUT2D eigenvalue weighted by Crippen LogP contribution is 2.17. The highest BCUT2D eigenvalue weighted by atomic mass is 35.5. The summed E-state index contributed by atoms with van der Waals surface area (Å²) in [5, 5.41) is 3.21. The van der Waals surface area contributed by atoms with Crippen molar-refractivity contribution in [3.8, 4) is 0 Å². The van der Waals surface area contributed by atoms with Gasteiger partial charge in [0.05, 0.1) is 10.6 Å². The normalized spacial score (nSPS) is 14.1. The number of nitrogens with zero attached hydrogens (tertiary/aromatic N) is 1. The van der Waals surface area contributed by atoms with Gasteiger partial charge in [-0.15, -0.1) is 0 Å². The Bertz CT molecular complexity index is 409. The lowest BCUT2D eigenvalue weighted by Crippen LogP contribution is -2.36. The fourth-order valence-corrected chi connectivity index (χ4v) is 1.52. The van der Waals surface area contributed by atoms with Crippen LogP contribution in [0.25, 0.3) is 0 Å². The fourth-order valence-electron chi connectivity index (χ4n) is 1.36. The van der Waals surface area contributed by atoms with Crippen LogP contribution >= 0.6 is 11.6 Å². The van der Waals surface area contributed by atoms with Crippen molar-refractivity contribution < 1.29 is 4.79 Å². The molecule has 4 nitrogen and oxygen atoms in total. The summed E-state index contributed by atoms with van der Waals surface area (Å²) >= 11 is 5.82. The second-order valence-corrected chi connectivity index (χ2v) is 4.65. The first-order chi connectivity index (χ1) is 7.95. The van der Waals surface area contributed by atoms with E-state index in [1.807, 2.05) is 6.92 Å². The van der Waals surface area contributed by atoms with E-state index >= 15 is 0 Å². The van der Waals surface area contributed by atoms with Crippen LogP contribution in [0.5, 0.6) is 0 Å². The number of halogens is 1. The molecule has 0 spiro atoms. The van der Waals surface area contributed by atoms with Gasteiger partial charge in [0, 0.05) is 12.2 Å². The Balaban J connectivity index is 2.73. The lowest BCUT2D eigenvalue weighted by atomic mass is 10.0. The Morgan fingerprint density at radius 2 is 2.24 bits per heavy atom. The number of pyridine rings is 1. The number of nitrogens with one attached hydrogen (secondary N) is 1. The van der Waals surface area contributed by atoms with Crippen LogP contribution in [0.1, 0.15) is 37.6 Å². The molecule has 0 saturated heterocycles. The zero-order valence-electron chi connectivity index (χ0n) is 10.3. The number of hydrogen-bond acceptors (Lipinski definition) is 3. The summed E-state index contributed by atoms with van der Waals surface area (Å²) in [5.41, 5.74) is 5.92. The van der Waals surface area contributed by atoms with Gasteiger partial charge in [-0.2, -0.15) is 0 Å². The van der Waals surface area contributed by atoms with Crippen LogP contribution in [-0.4, -0.2) is 16.9 Å². The standard InChI is InChI=1S/C12H18ClN3O/c1-4-7(2)8(3)16-12(17)9-5-10(13)11(14)15-6-9/h5-8H,4H2,1-3H3,(H2,14,15)(H,16,17). The number of aromatic nitrogens is 1. The molecular formula is C12H18ClN3O. The Kier molecular flexibility index (Phi) is 4.75. The molecule has 0 aliphatic rings. The van der Waals surface area contributed by atoms with Crippen LogP contribution in [0.3, 0.4) is 0 Å². The van der Waals surface area contributed by atoms with Crippen molar-refractivity contribution in [2.75, 3.05) is 5.73 Å². The van der Waals surface area contributed by atoms with E-state index in [1.165, 1.54) is 12.3 Å². The molecule has 1 aromatic heterocycles. The third-order valence-corrected chi connectivity index (χ3v) is 3.29. The lowest BCUT2D eigenvalue weighted by molar-refractivity contribution is 0.0928. The van der Waals surface area contributed by atoms with E-state index in [1.54, 1.807) is 0 Å². The minimum Gasteiger partial charge on any atom is -0.382 e. The molecule has 0 bridgehead atoms. The minimum absolute atomic E-state index is 0.115. The van der Waals surface area contributed by atoms with Crippen molar-refractivity contribution in [1.82, 2.24) is 10.3 Å². The quantitative estimate of drug-likeness (QED) is 0.869. The van der Waals surface area contributed by atoms with Crippen LogP contribution in [0, 0.1) is 5.92 Å². The predicted molar refractivity (Wildman–Crippen MR) is 70.0 cm³/mol. The molecule has 1 rings (SSSR count). The zero-order chi connectivity index (χ0) is 13.0. The summed E-state index contributed by atoms with van der Waals surface area (Å²) in [6.45, 7) is 6.17. The molecule has 0 aliphatic carbocycles. The van der Waals surface area contributed by atoms with Gasteiger partial charge in [0.15, 0.2) is 0 Å². The van der Waals surface area contributed by atoms with Crippen LogP contribution in [0.4, 0.5) is 5.82 Å². The molecule has 0 aromatic carbocycles. The summed E-state index contributed by atoms with van der Waals surface area (Å²) in [6.07, 6.45) is 2.45. The average Bonchev–Trinajstić information content (AvgIpc) is 2.31. The van der Waals surface area contributed by atoms with Gasteiger partial charge in [0.25, 0.3) is 5.91 Å². The third-order valence-electron chi connectivity index (χ3n) is 2.99. The van der Waals surface area contributed by atoms with Crippen molar-refractivity contribution in [3.63, 3.8) is 0 Å². The number of carbonyl (C=O) groups is 1. The molecule has 94 valence electrons. The van der Waals surface area contributed by atoms with Gasteiger partial charge in [0.2, 0.25) is 0 Å². The SMILES string of the molecule is CCC(C)C(C)NC(=O)c1cnc(N)c(Cl)c1. The van der Waals surface area contributed by atoms with Gasteiger partial charge in [-0.25, -0.2) is 4.98 Å².